The Morgan fingerprint density at radius 2 is 1.80 bits per heavy atom. The summed E-state index contributed by atoms with van der Waals surface area (Å²) in [6.45, 7) is 2.37. The Hall–Kier alpha value is -3.65. The van der Waals surface area contributed by atoms with Crippen LogP contribution in [-0.2, 0) is 11.3 Å². The molecular weight excluding hydrogens is 478 g/mol. The summed E-state index contributed by atoms with van der Waals surface area (Å²) in [5.41, 5.74) is 2.66. The van der Waals surface area contributed by atoms with E-state index in [-0.39, 0.29) is 35.8 Å². The van der Waals surface area contributed by atoms with E-state index in [1.54, 1.807) is 47.4 Å². The van der Waals surface area contributed by atoms with Crippen molar-refractivity contribution in [3.63, 3.8) is 0 Å². The van der Waals surface area contributed by atoms with Crippen LogP contribution in [0.4, 0.5) is 8.78 Å². The zero-order valence-electron chi connectivity index (χ0n) is 18.6. The summed E-state index contributed by atoms with van der Waals surface area (Å²) in [4.78, 5) is 28.1. The maximum atomic E-state index is 13.3. The average molecular weight is 499 g/mol. The molecule has 0 bridgehead atoms. The molecule has 2 atom stereocenters. The van der Waals surface area contributed by atoms with E-state index in [2.05, 4.69) is 14.8 Å². The number of fused-ring (bicyclic) bond motifs is 2. The molecule has 0 saturated carbocycles. The van der Waals surface area contributed by atoms with Crippen molar-refractivity contribution in [3.05, 3.63) is 94.0 Å². The first-order valence-electron chi connectivity index (χ1n) is 11.0. The molecule has 3 aromatic rings. The molecule has 1 N–H and O–H groups in total. The highest BCUT2D eigenvalue weighted by Gasteiger charge is 2.44. The minimum absolute atomic E-state index is 0.0450. The number of alkyl halides is 2. The number of benzene rings is 3. The van der Waals surface area contributed by atoms with Crippen LogP contribution in [0.25, 0.3) is 0 Å². The Kier molecular flexibility index (Phi) is 5.84. The van der Waals surface area contributed by atoms with Gasteiger partial charge in [-0.3, -0.25) is 9.59 Å². The molecule has 0 spiro atoms. The van der Waals surface area contributed by atoms with Crippen molar-refractivity contribution in [1.82, 2.24) is 10.2 Å². The Labute approximate surface area is 205 Å². The fourth-order valence-corrected chi connectivity index (χ4v) is 4.55. The van der Waals surface area contributed by atoms with Crippen LogP contribution < -0.4 is 14.8 Å². The molecule has 0 fully saturated rings. The van der Waals surface area contributed by atoms with Gasteiger partial charge in [0.15, 0.2) is 11.5 Å². The van der Waals surface area contributed by atoms with Gasteiger partial charge >= 0.3 is 6.29 Å². The number of carbonyl (C=O) groups is 2. The van der Waals surface area contributed by atoms with Gasteiger partial charge in [-0.15, -0.1) is 8.78 Å². The summed E-state index contributed by atoms with van der Waals surface area (Å²) >= 11 is 6.00. The van der Waals surface area contributed by atoms with Gasteiger partial charge in [0.05, 0.1) is 0 Å². The normalized spacial score (nSPS) is 18.3. The van der Waals surface area contributed by atoms with Gasteiger partial charge in [-0.1, -0.05) is 54.9 Å². The van der Waals surface area contributed by atoms with Crippen molar-refractivity contribution in [1.29, 1.82) is 0 Å². The van der Waals surface area contributed by atoms with Crippen LogP contribution in [0.3, 0.4) is 0 Å². The maximum Gasteiger partial charge on any atom is 0.586 e. The Morgan fingerprint density at radius 1 is 1.09 bits per heavy atom. The molecule has 0 aliphatic carbocycles. The van der Waals surface area contributed by atoms with Crippen LogP contribution >= 0.6 is 11.6 Å². The molecular formula is C26H21ClF2N2O4. The van der Waals surface area contributed by atoms with Gasteiger partial charge in [0.25, 0.3) is 5.91 Å². The van der Waals surface area contributed by atoms with Crippen LogP contribution in [-0.4, -0.2) is 29.6 Å². The lowest BCUT2D eigenvalue weighted by Gasteiger charge is -2.27. The van der Waals surface area contributed by atoms with Gasteiger partial charge in [0.2, 0.25) is 5.91 Å². The fourth-order valence-electron chi connectivity index (χ4n) is 4.42. The zero-order chi connectivity index (χ0) is 24.7. The third-order valence-corrected chi connectivity index (χ3v) is 6.40. The number of nitrogens with one attached hydrogen (secondary N) is 1. The predicted octanol–water partition coefficient (Wildman–Crippen LogP) is 5.28. The Morgan fingerprint density at radius 3 is 2.57 bits per heavy atom. The number of hydrogen-bond donors (Lipinski definition) is 1. The summed E-state index contributed by atoms with van der Waals surface area (Å²) in [5.74, 6) is -0.790. The fraction of sp³-hybridized carbons (Fsp3) is 0.231. The van der Waals surface area contributed by atoms with Crippen molar-refractivity contribution in [2.45, 2.75) is 31.7 Å². The summed E-state index contributed by atoms with van der Waals surface area (Å²) in [7, 11) is 0. The minimum atomic E-state index is -3.71. The molecule has 0 saturated heterocycles. The highest BCUT2D eigenvalue weighted by atomic mass is 35.5. The highest BCUT2D eigenvalue weighted by Crippen LogP contribution is 2.41. The lowest BCUT2D eigenvalue weighted by atomic mass is 9.99. The lowest BCUT2D eigenvalue weighted by molar-refractivity contribution is -0.286. The topological polar surface area (TPSA) is 67.9 Å². The largest absolute Gasteiger partial charge is 0.586 e. The lowest BCUT2D eigenvalue weighted by Crippen LogP contribution is -2.40. The van der Waals surface area contributed by atoms with Crippen LogP contribution in [0.5, 0.6) is 11.5 Å². The number of hydrogen-bond acceptors (Lipinski definition) is 4. The molecule has 6 nitrogen and oxygen atoms in total. The number of nitrogens with zero attached hydrogens (tertiary/aromatic N) is 1. The molecule has 3 aromatic carbocycles. The Balaban J connectivity index is 1.34. The van der Waals surface area contributed by atoms with Gasteiger partial charge in [-0.2, -0.15) is 0 Å². The summed E-state index contributed by atoms with van der Waals surface area (Å²) in [5, 5.41) is 3.45. The SMILES string of the molecule is CC(CN1C(=O)c2ccccc2C1C(=O)NCc1ccc2c(c1)OC(F)(F)O2)c1ccc(Cl)cc1. The van der Waals surface area contributed by atoms with Gasteiger partial charge in [-0.05, 0) is 52.9 Å². The number of halogens is 3. The number of amides is 2. The standard InChI is InChI=1S/C26H21ClF2N2O4/c1-15(17-7-9-18(27)10-8-17)14-31-23(19-4-2-3-5-20(19)25(31)33)24(32)30-13-16-6-11-21-22(12-16)35-26(28,29)34-21/h2-12,15,23H,13-14H2,1H3,(H,30,32). The average Bonchev–Trinajstić information content (AvgIpc) is 3.29. The quantitative estimate of drug-likeness (QED) is 0.502. The van der Waals surface area contributed by atoms with E-state index in [0.717, 1.165) is 5.56 Å². The van der Waals surface area contributed by atoms with E-state index >= 15 is 0 Å². The second-order valence-corrected chi connectivity index (χ2v) is 9.00. The molecule has 5 rings (SSSR count). The van der Waals surface area contributed by atoms with Crippen molar-refractivity contribution in [3.8, 4) is 11.5 Å². The van der Waals surface area contributed by atoms with Gasteiger partial charge in [-0.25, -0.2) is 0 Å². The van der Waals surface area contributed by atoms with Crippen LogP contribution in [0.1, 0.15) is 45.9 Å². The molecule has 2 heterocycles. The molecule has 9 heteroatoms. The third kappa shape index (κ3) is 4.53. The van der Waals surface area contributed by atoms with E-state index in [9.17, 15) is 18.4 Å². The van der Waals surface area contributed by atoms with Crippen LogP contribution in [0.2, 0.25) is 5.02 Å². The van der Waals surface area contributed by atoms with Crippen molar-refractivity contribution in [2.75, 3.05) is 6.54 Å². The molecule has 0 aromatic heterocycles. The molecule has 2 amide bonds. The van der Waals surface area contributed by atoms with E-state index < -0.39 is 12.3 Å². The first kappa shape index (κ1) is 23.1. The maximum absolute atomic E-state index is 13.3. The monoisotopic (exact) mass is 498 g/mol. The van der Waals surface area contributed by atoms with Crippen molar-refractivity contribution in [2.24, 2.45) is 0 Å². The number of rotatable bonds is 6. The van der Waals surface area contributed by atoms with Gasteiger partial charge in [0.1, 0.15) is 6.04 Å². The molecule has 2 unspecified atom stereocenters. The molecule has 180 valence electrons. The van der Waals surface area contributed by atoms with E-state index in [1.165, 1.54) is 12.1 Å². The molecule has 2 aliphatic rings. The second-order valence-electron chi connectivity index (χ2n) is 8.57. The summed E-state index contributed by atoms with van der Waals surface area (Å²) < 4.78 is 35.5. The zero-order valence-corrected chi connectivity index (χ0v) is 19.4. The van der Waals surface area contributed by atoms with E-state index in [1.807, 2.05) is 19.1 Å². The first-order chi connectivity index (χ1) is 16.7. The second kappa shape index (κ2) is 8.85. The Bertz CT molecular complexity index is 1300. The summed E-state index contributed by atoms with van der Waals surface area (Å²) in [6, 6.07) is 17.9. The number of carbonyl (C=O) groups excluding carboxylic acids is 2. The van der Waals surface area contributed by atoms with Crippen molar-refractivity contribution < 1.29 is 27.8 Å². The summed E-state index contributed by atoms with van der Waals surface area (Å²) in [6.07, 6.45) is -3.71. The smallest absolute Gasteiger partial charge is 0.395 e. The van der Waals surface area contributed by atoms with Gasteiger partial charge < -0.3 is 19.7 Å². The number of ether oxygens (including phenoxy) is 2. The van der Waals surface area contributed by atoms with E-state index in [4.69, 9.17) is 11.6 Å². The third-order valence-electron chi connectivity index (χ3n) is 6.15. The molecule has 0 radical (unpaired) electrons. The van der Waals surface area contributed by atoms with Crippen LogP contribution in [0.15, 0.2) is 66.7 Å². The van der Waals surface area contributed by atoms with Crippen molar-refractivity contribution >= 4 is 23.4 Å². The van der Waals surface area contributed by atoms with Gasteiger partial charge in [0, 0.05) is 23.7 Å². The predicted molar refractivity (Wildman–Crippen MR) is 125 cm³/mol. The highest BCUT2D eigenvalue weighted by molar-refractivity contribution is 6.30. The molecule has 35 heavy (non-hydrogen) atoms. The molecule has 2 aliphatic heterocycles. The van der Waals surface area contributed by atoms with E-state index in [0.29, 0.717) is 28.3 Å². The first-order valence-corrected chi connectivity index (χ1v) is 11.4. The van der Waals surface area contributed by atoms with Crippen LogP contribution in [0, 0.1) is 0 Å². The minimum Gasteiger partial charge on any atom is -0.395 e.